The summed E-state index contributed by atoms with van der Waals surface area (Å²) >= 11 is 3.56. The van der Waals surface area contributed by atoms with Gasteiger partial charge in [-0.1, -0.05) is 13.8 Å². The number of nitrogens with one attached hydrogen (secondary N) is 1. The zero-order chi connectivity index (χ0) is 13.1. The third-order valence-electron chi connectivity index (χ3n) is 2.56. The minimum absolute atomic E-state index is 0.217. The lowest BCUT2D eigenvalue weighted by atomic mass is 9.93. The SMILES string of the molecule is Cc1ccnc(NCC(C)(C)CN(C)C)c1Br. The molecule has 0 fully saturated rings. The molecule has 0 aromatic carbocycles. The fourth-order valence-electron chi connectivity index (χ4n) is 1.90. The number of nitrogens with zero attached hydrogens (tertiary/aromatic N) is 2. The first-order valence-electron chi connectivity index (χ1n) is 5.81. The second kappa shape index (κ2) is 5.83. The van der Waals surface area contributed by atoms with E-state index in [2.05, 4.69) is 66.0 Å². The van der Waals surface area contributed by atoms with Crippen molar-refractivity contribution in [2.75, 3.05) is 32.5 Å². The number of halogens is 1. The smallest absolute Gasteiger partial charge is 0.140 e. The molecule has 0 radical (unpaired) electrons. The molecule has 3 nitrogen and oxygen atoms in total. The number of hydrogen-bond donors (Lipinski definition) is 1. The zero-order valence-electron chi connectivity index (χ0n) is 11.3. The fraction of sp³-hybridized carbons (Fsp3) is 0.615. The standard InChI is InChI=1S/C13H22BrN3/c1-10-6-7-15-12(11(10)14)16-8-13(2,3)9-17(4)5/h6-7H,8-9H2,1-5H3,(H,15,16). The van der Waals surface area contributed by atoms with Gasteiger partial charge in [0.15, 0.2) is 0 Å². The second-order valence-corrected chi connectivity index (χ2v) is 6.34. The molecule has 0 saturated heterocycles. The Balaban J connectivity index is 2.64. The maximum atomic E-state index is 4.35. The van der Waals surface area contributed by atoms with E-state index in [-0.39, 0.29) is 5.41 Å². The third kappa shape index (κ3) is 4.64. The lowest BCUT2D eigenvalue weighted by molar-refractivity contribution is 0.254. The van der Waals surface area contributed by atoms with E-state index in [0.29, 0.717) is 0 Å². The highest BCUT2D eigenvalue weighted by Gasteiger charge is 2.19. The van der Waals surface area contributed by atoms with Crippen molar-refractivity contribution in [3.8, 4) is 0 Å². The first-order valence-corrected chi connectivity index (χ1v) is 6.61. The summed E-state index contributed by atoms with van der Waals surface area (Å²) in [5.74, 6) is 0.928. The fourth-order valence-corrected chi connectivity index (χ4v) is 2.27. The van der Waals surface area contributed by atoms with Gasteiger partial charge in [0.1, 0.15) is 5.82 Å². The van der Waals surface area contributed by atoms with E-state index in [0.717, 1.165) is 23.4 Å². The summed E-state index contributed by atoms with van der Waals surface area (Å²) in [7, 11) is 4.20. The first kappa shape index (κ1) is 14.5. The van der Waals surface area contributed by atoms with Crippen LogP contribution in [0.15, 0.2) is 16.7 Å². The molecule has 0 bridgehead atoms. The Labute approximate surface area is 113 Å². The van der Waals surface area contributed by atoms with Crippen molar-refractivity contribution in [3.05, 3.63) is 22.3 Å². The molecule has 0 aliphatic carbocycles. The predicted molar refractivity (Wildman–Crippen MR) is 77.5 cm³/mol. The molecule has 0 amide bonds. The van der Waals surface area contributed by atoms with Crippen LogP contribution >= 0.6 is 15.9 Å². The molecule has 0 saturated carbocycles. The van der Waals surface area contributed by atoms with E-state index >= 15 is 0 Å². The van der Waals surface area contributed by atoms with Crippen molar-refractivity contribution in [2.45, 2.75) is 20.8 Å². The van der Waals surface area contributed by atoms with Crippen LogP contribution in [-0.2, 0) is 0 Å². The van der Waals surface area contributed by atoms with Gasteiger partial charge in [-0.3, -0.25) is 0 Å². The van der Waals surface area contributed by atoms with Crippen LogP contribution in [0.5, 0.6) is 0 Å². The van der Waals surface area contributed by atoms with Crippen LogP contribution in [0.25, 0.3) is 0 Å². The summed E-state index contributed by atoms with van der Waals surface area (Å²) in [6.45, 7) is 8.53. The van der Waals surface area contributed by atoms with E-state index in [1.807, 2.05) is 12.3 Å². The van der Waals surface area contributed by atoms with E-state index < -0.39 is 0 Å². The summed E-state index contributed by atoms with van der Waals surface area (Å²) in [5, 5.41) is 3.41. The second-order valence-electron chi connectivity index (χ2n) is 5.55. The highest BCUT2D eigenvalue weighted by Crippen LogP contribution is 2.25. The van der Waals surface area contributed by atoms with Crippen molar-refractivity contribution < 1.29 is 0 Å². The maximum absolute atomic E-state index is 4.35. The zero-order valence-corrected chi connectivity index (χ0v) is 12.9. The van der Waals surface area contributed by atoms with Gasteiger partial charge in [-0.15, -0.1) is 0 Å². The average Bonchev–Trinajstić information content (AvgIpc) is 2.18. The number of aromatic nitrogens is 1. The first-order chi connectivity index (χ1) is 7.82. The molecule has 0 unspecified atom stereocenters. The molecule has 1 N–H and O–H groups in total. The Bertz CT molecular complexity index is 375. The minimum atomic E-state index is 0.217. The number of rotatable bonds is 5. The summed E-state index contributed by atoms with van der Waals surface area (Å²) < 4.78 is 1.06. The van der Waals surface area contributed by atoms with Crippen LogP contribution in [0.2, 0.25) is 0 Å². The molecular formula is C13H22BrN3. The molecule has 0 aliphatic rings. The van der Waals surface area contributed by atoms with Gasteiger partial charge in [-0.05, 0) is 54.0 Å². The summed E-state index contributed by atoms with van der Waals surface area (Å²) in [5.41, 5.74) is 1.42. The lowest BCUT2D eigenvalue weighted by Crippen LogP contribution is -2.34. The van der Waals surface area contributed by atoms with Crippen LogP contribution < -0.4 is 5.32 Å². The van der Waals surface area contributed by atoms with Gasteiger partial charge in [0.05, 0.1) is 4.47 Å². The molecule has 4 heteroatoms. The van der Waals surface area contributed by atoms with E-state index in [4.69, 9.17) is 0 Å². The Kier molecular flexibility index (Phi) is 4.95. The summed E-state index contributed by atoms with van der Waals surface area (Å²) in [6, 6.07) is 2.00. The Hall–Kier alpha value is -0.610. The summed E-state index contributed by atoms with van der Waals surface area (Å²) in [6.07, 6.45) is 1.83. The van der Waals surface area contributed by atoms with Crippen LogP contribution in [0.4, 0.5) is 5.82 Å². The average molecular weight is 300 g/mol. The molecule has 1 heterocycles. The van der Waals surface area contributed by atoms with Crippen LogP contribution in [0.1, 0.15) is 19.4 Å². The molecule has 0 aliphatic heterocycles. The van der Waals surface area contributed by atoms with Gasteiger partial charge in [-0.25, -0.2) is 4.98 Å². The normalized spacial score (nSPS) is 11.9. The Morgan fingerprint density at radius 2 is 2.06 bits per heavy atom. The van der Waals surface area contributed by atoms with E-state index in [1.54, 1.807) is 0 Å². The van der Waals surface area contributed by atoms with Gasteiger partial charge < -0.3 is 10.2 Å². The number of anilines is 1. The highest BCUT2D eigenvalue weighted by atomic mass is 79.9. The molecule has 1 rings (SSSR count). The van der Waals surface area contributed by atoms with E-state index in [1.165, 1.54) is 5.56 Å². The maximum Gasteiger partial charge on any atom is 0.140 e. The van der Waals surface area contributed by atoms with Crippen molar-refractivity contribution in [3.63, 3.8) is 0 Å². The van der Waals surface area contributed by atoms with Gasteiger partial charge in [0, 0.05) is 19.3 Å². The molecule has 0 spiro atoms. The number of aryl methyl sites for hydroxylation is 1. The third-order valence-corrected chi connectivity index (χ3v) is 3.56. The molecule has 1 aromatic rings. The summed E-state index contributed by atoms with van der Waals surface area (Å²) in [4.78, 5) is 6.56. The molecule has 1 aromatic heterocycles. The predicted octanol–water partition coefficient (Wildman–Crippen LogP) is 3.15. The molecule has 17 heavy (non-hydrogen) atoms. The number of pyridine rings is 1. The van der Waals surface area contributed by atoms with Crippen molar-refractivity contribution in [1.29, 1.82) is 0 Å². The van der Waals surface area contributed by atoms with Crippen molar-refractivity contribution in [1.82, 2.24) is 9.88 Å². The topological polar surface area (TPSA) is 28.2 Å². The molecule has 96 valence electrons. The molecular weight excluding hydrogens is 278 g/mol. The molecule has 0 atom stereocenters. The highest BCUT2D eigenvalue weighted by molar-refractivity contribution is 9.10. The van der Waals surface area contributed by atoms with E-state index in [9.17, 15) is 0 Å². The minimum Gasteiger partial charge on any atom is -0.369 e. The van der Waals surface area contributed by atoms with Gasteiger partial charge in [-0.2, -0.15) is 0 Å². The van der Waals surface area contributed by atoms with Gasteiger partial charge >= 0.3 is 0 Å². The van der Waals surface area contributed by atoms with Crippen molar-refractivity contribution >= 4 is 21.7 Å². The van der Waals surface area contributed by atoms with Crippen molar-refractivity contribution in [2.24, 2.45) is 5.41 Å². The Morgan fingerprint density at radius 3 is 2.65 bits per heavy atom. The monoisotopic (exact) mass is 299 g/mol. The largest absolute Gasteiger partial charge is 0.369 e. The van der Waals surface area contributed by atoms with Crippen LogP contribution in [0, 0.1) is 12.3 Å². The van der Waals surface area contributed by atoms with Gasteiger partial charge in [0.2, 0.25) is 0 Å². The quantitative estimate of drug-likeness (QED) is 0.905. The Morgan fingerprint density at radius 1 is 1.41 bits per heavy atom. The van der Waals surface area contributed by atoms with Gasteiger partial charge in [0.25, 0.3) is 0 Å². The van der Waals surface area contributed by atoms with Crippen LogP contribution in [0.3, 0.4) is 0 Å². The lowest BCUT2D eigenvalue weighted by Gasteiger charge is -2.28. The van der Waals surface area contributed by atoms with Crippen LogP contribution in [-0.4, -0.2) is 37.1 Å². The number of hydrogen-bond acceptors (Lipinski definition) is 3.